The average molecular weight is 96.1 g/mol. The van der Waals surface area contributed by atoms with Gasteiger partial charge in [-0.05, 0) is 6.92 Å². The van der Waals surface area contributed by atoms with Gasteiger partial charge in [0.1, 0.15) is 0 Å². The lowest BCUT2D eigenvalue weighted by atomic mass is 10.4. The summed E-state index contributed by atoms with van der Waals surface area (Å²) in [7, 11) is 0. The number of amides is 1. The van der Waals surface area contributed by atoms with Crippen LogP contribution in [0.4, 0.5) is 0 Å². The third-order valence-corrected chi connectivity index (χ3v) is 0.722. The lowest BCUT2D eigenvalue weighted by Crippen LogP contribution is -2.72. The van der Waals surface area contributed by atoms with Gasteiger partial charge < -0.3 is 9.79 Å². The van der Waals surface area contributed by atoms with Crippen LogP contribution < -0.4 is 4.99 Å². The average Bonchev–Trinajstić information content (AvgIpc) is 1.91. The molecule has 0 saturated heterocycles. The van der Waals surface area contributed by atoms with Crippen LogP contribution in [0.5, 0.6) is 0 Å². The minimum atomic E-state index is -0.153. The Kier molecular flexibility index (Phi) is 0.749. The Morgan fingerprint density at radius 1 is 1.86 bits per heavy atom. The Morgan fingerprint density at radius 2 is 2.57 bits per heavy atom. The largest absolute Gasteiger partial charge is 0.329 e. The van der Waals surface area contributed by atoms with Gasteiger partial charge in [0.2, 0.25) is 12.2 Å². The number of nitrogens with one attached hydrogen (secondary N) is 1. The first-order valence-electron chi connectivity index (χ1n) is 1.90. The van der Waals surface area contributed by atoms with E-state index in [0.717, 1.165) is 0 Å². The quantitative estimate of drug-likeness (QED) is 0.347. The third-order valence-electron chi connectivity index (χ3n) is 0.722. The minimum Gasteiger partial charge on any atom is -0.329 e. The first-order chi connectivity index (χ1) is 3.30. The molecule has 3 nitrogen and oxygen atoms in total. The van der Waals surface area contributed by atoms with E-state index in [9.17, 15) is 4.79 Å². The van der Waals surface area contributed by atoms with E-state index < -0.39 is 0 Å². The SMILES string of the molecule is CC1=N[C-]=[NH+]C1=O. The Morgan fingerprint density at radius 3 is 2.71 bits per heavy atom. The van der Waals surface area contributed by atoms with E-state index in [2.05, 4.69) is 16.3 Å². The second kappa shape index (κ2) is 1.26. The maximum absolute atomic E-state index is 10.3. The predicted octanol–water partition coefficient (Wildman–Crippen LogP) is -2.03. The topological polar surface area (TPSA) is 43.4 Å². The van der Waals surface area contributed by atoms with E-state index in [4.69, 9.17) is 0 Å². The van der Waals surface area contributed by atoms with E-state index in [0.29, 0.717) is 5.71 Å². The van der Waals surface area contributed by atoms with E-state index in [-0.39, 0.29) is 5.91 Å². The summed E-state index contributed by atoms with van der Waals surface area (Å²) in [6.45, 7) is 1.63. The zero-order valence-corrected chi connectivity index (χ0v) is 3.86. The molecule has 1 rings (SSSR count). The lowest BCUT2D eigenvalue weighted by Gasteiger charge is -1.80. The van der Waals surface area contributed by atoms with Crippen LogP contribution in [0.3, 0.4) is 0 Å². The van der Waals surface area contributed by atoms with Crippen molar-refractivity contribution in [2.24, 2.45) is 4.99 Å². The summed E-state index contributed by atoms with van der Waals surface area (Å²) >= 11 is 0. The van der Waals surface area contributed by atoms with Crippen LogP contribution in [0.25, 0.3) is 0 Å². The molecule has 1 aliphatic rings. The Hall–Kier alpha value is -0.990. The van der Waals surface area contributed by atoms with Gasteiger partial charge >= 0.3 is 0 Å². The Labute approximate surface area is 40.8 Å². The molecule has 0 aromatic heterocycles. The molecule has 0 fully saturated rings. The summed E-state index contributed by atoms with van der Waals surface area (Å²) in [6.07, 6.45) is 2.31. The van der Waals surface area contributed by atoms with Crippen LogP contribution in [-0.2, 0) is 4.79 Å². The van der Waals surface area contributed by atoms with Crippen LogP contribution in [0.15, 0.2) is 4.99 Å². The van der Waals surface area contributed by atoms with Crippen molar-refractivity contribution in [1.29, 1.82) is 0 Å². The van der Waals surface area contributed by atoms with E-state index >= 15 is 0 Å². The maximum Gasteiger partial charge on any atom is 0.247 e. The lowest BCUT2D eigenvalue weighted by molar-refractivity contribution is -0.360. The molecule has 0 spiro atoms. The second-order valence-corrected chi connectivity index (χ2v) is 1.26. The molecule has 0 aromatic rings. The van der Waals surface area contributed by atoms with Crippen molar-refractivity contribution in [3.05, 3.63) is 0 Å². The molecule has 0 saturated carbocycles. The molecule has 1 N–H and O–H groups in total. The summed E-state index contributed by atoms with van der Waals surface area (Å²) in [4.78, 5) is 16.1. The fraction of sp³-hybridized carbons (Fsp3) is 0.250. The van der Waals surface area contributed by atoms with Crippen molar-refractivity contribution in [1.82, 2.24) is 0 Å². The summed E-state index contributed by atoms with van der Waals surface area (Å²) in [5, 5.41) is 0. The van der Waals surface area contributed by atoms with Crippen molar-refractivity contribution < 1.29 is 9.79 Å². The highest BCUT2D eigenvalue weighted by molar-refractivity contribution is 6.36. The number of hydrogen-bond donors (Lipinski definition) is 1. The fourth-order valence-electron chi connectivity index (χ4n) is 0.304. The van der Waals surface area contributed by atoms with Gasteiger partial charge in [-0.1, -0.05) is 0 Å². The van der Waals surface area contributed by atoms with E-state index in [1.54, 1.807) is 6.92 Å². The zero-order chi connectivity index (χ0) is 5.28. The highest BCUT2D eigenvalue weighted by Crippen LogP contribution is 1.70. The maximum atomic E-state index is 10.3. The van der Waals surface area contributed by atoms with E-state index in [1.807, 2.05) is 0 Å². The van der Waals surface area contributed by atoms with Crippen molar-refractivity contribution in [2.45, 2.75) is 6.92 Å². The molecule has 36 valence electrons. The molecule has 7 heavy (non-hydrogen) atoms. The third kappa shape index (κ3) is 0.559. The van der Waals surface area contributed by atoms with Crippen LogP contribution in [0, 0.1) is 0 Å². The number of nitrogens with zero attached hydrogens (tertiary/aromatic N) is 1. The smallest absolute Gasteiger partial charge is 0.247 e. The molecule has 3 heteroatoms. The van der Waals surface area contributed by atoms with Crippen molar-refractivity contribution in [3.63, 3.8) is 0 Å². The summed E-state index contributed by atoms with van der Waals surface area (Å²) in [5.41, 5.74) is 0.472. The second-order valence-electron chi connectivity index (χ2n) is 1.26. The first-order valence-corrected chi connectivity index (χ1v) is 1.90. The van der Waals surface area contributed by atoms with Crippen molar-refractivity contribution >= 4 is 18.0 Å². The number of carbonyl (C=O) groups is 1. The molecule has 0 unspecified atom stereocenters. The van der Waals surface area contributed by atoms with Crippen molar-refractivity contribution in [2.75, 3.05) is 0 Å². The fourth-order valence-corrected chi connectivity index (χ4v) is 0.304. The molecule has 1 aliphatic heterocycles. The van der Waals surface area contributed by atoms with Gasteiger partial charge in [0.15, 0.2) is 0 Å². The Balaban J connectivity index is 2.89. The predicted molar refractivity (Wildman–Crippen MR) is 24.1 cm³/mol. The van der Waals surface area contributed by atoms with Crippen LogP contribution in [0.2, 0.25) is 0 Å². The summed E-state index contributed by atoms with van der Waals surface area (Å²) < 4.78 is 0. The van der Waals surface area contributed by atoms with Gasteiger partial charge in [-0.2, -0.15) is 4.99 Å². The zero-order valence-electron chi connectivity index (χ0n) is 3.86. The number of hydrogen-bond acceptors (Lipinski definition) is 2. The normalized spacial score (nSPS) is 17.9. The monoisotopic (exact) mass is 96.0 g/mol. The molecule has 0 atom stereocenters. The van der Waals surface area contributed by atoms with Crippen LogP contribution in [0.1, 0.15) is 6.92 Å². The van der Waals surface area contributed by atoms with Gasteiger partial charge in [-0.25, -0.2) is 0 Å². The molecule has 0 bridgehead atoms. The van der Waals surface area contributed by atoms with Gasteiger partial charge in [0.05, 0.1) is 5.71 Å². The molecular weight excluding hydrogens is 92.1 g/mol. The summed E-state index contributed by atoms with van der Waals surface area (Å²) in [6, 6.07) is 0. The van der Waals surface area contributed by atoms with Gasteiger partial charge in [0.25, 0.3) is 0 Å². The highest BCUT2D eigenvalue weighted by atomic mass is 16.1. The molecule has 0 aromatic carbocycles. The minimum absolute atomic E-state index is 0.153. The molecule has 0 aliphatic carbocycles. The van der Waals surface area contributed by atoms with Gasteiger partial charge in [0, 0.05) is 0 Å². The molecule has 0 radical (unpaired) electrons. The van der Waals surface area contributed by atoms with E-state index in [1.165, 1.54) is 0 Å². The van der Waals surface area contributed by atoms with Crippen LogP contribution >= 0.6 is 0 Å². The van der Waals surface area contributed by atoms with Gasteiger partial charge in [-0.3, -0.25) is 0 Å². The van der Waals surface area contributed by atoms with Gasteiger partial charge in [-0.15, -0.1) is 0 Å². The Bertz CT molecular complexity index is 157. The molecular formula is C4H4N2O. The molecule has 1 heterocycles. The van der Waals surface area contributed by atoms with Crippen molar-refractivity contribution in [3.8, 4) is 0 Å². The number of carbonyl (C=O) groups excluding carboxylic acids is 1. The summed E-state index contributed by atoms with van der Waals surface area (Å²) in [5.74, 6) is -0.153. The first kappa shape index (κ1) is 4.18. The highest BCUT2D eigenvalue weighted by Gasteiger charge is 2.01. The molecule has 1 amide bonds. The number of rotatable bonds is 0. The van der Waals surface area contributed by atoms with Crippen LogP contribution in [-0.4, -0.2) is 18.0 Å². The standard InChI is InChI=1S/C4H4N2O/c1-3-4(7)6-2-5-3/h6H,1H3. The number of aliphatic imine (C=N–C) groups is 1.